The highest BCUT2D eigenvalue weighted by Crippen LogP contribution is 2.32. The monoisotopic (exact) mass is 301 g/mol. The lowest BCUT2D eigenvalue weighted by Gasteiger charge is -2.09. The molecule has 5 heteroatoms. The number of hydrogen-bond donors (Lipinski definition) is 1. The highest BCUT2D eigenvalue weighted by atomic mass is 16.4. The zero-order chi connectivity index (χ0) is 16.1. The number of benzene rings is 2. The second-order valence-electron chi connectivity index (χ2n) is 5.38. The number of fused-ring (bicyclic) bond motifs is 5. The van der Waals surface area contributed by atoms with Crippen LogP contribution in [-0.2, 0) is 0 Å². The topological polar surface area (TPSA) is 92.9 Å². The summed E-state index contributed by atoms with van der Waals surface area (Å²) in [4.78, 5) is 16.7. The molecule has 0 aliphatic carbocycles. The molecule has 0 aliphatic heterocycles. The van der Waals surface area contributed by atoms with Crippen molar-refractivity contribution in [3.8, 4) is 6.07 Å². The Morgan fingerprint density at radius 1 is 1.17 bits per heavy atom. The Labute approximate surface area is 130 Å². The molecule has 23 heavy (non-hydrogen) atoms. The van der Waals surface area contributed by atoms with Crippen LogP contribution in [0.1, 0.15) is 11.1 Å². The molecular formula is C18H11N3O2. The van der Waals surface area contributed by atoms with Gasteiger partial charge in [-0.25, -0.2) is 9.78 Å². The number of nitrogens with two attached hydrogens (primary N) is 1. The molecule has 4 aromatic rings. The maximum absolute atomic E-state index is 12.4. The fraction of sp³-hybridized carbons (Fsp3) is 0.0556. The van der Waals surface area contributed by atoms with Gasteiger partial charge in [0, 0.05) is 0 Å². The minimum atomic E-state index is -0.510. The molecule has 0 radical (unpaired) electrons. The van der Waals surface area contributed by atoms with Crippen LogP contribution in [0.3, 0.4) is 0 Å². The standard InChI is InChI=1S/C18H11N3O2/c1-9-12(8-19)17(20)21-16-14(9)18(22)23-13-7-6-10-4-2-3-5-11(10)15(13)16/h2-7H,1H3,(H2,20,21). The van der Waals surface area contributed by atoms with Gasteiger partial charge in [-0.3, -0.25) is 0 Å². The molecule has 0 saturated heterocycles. The van der Waals surface area contributed by atoms with Crippen LogP contribution in [-0.4, -0.2) is 4.98 Å². The number of pyridine rings is 1. The molecule has 4 rings (SSSR count). The van der Waals surface area contributed by atoms with E-state index in [1.54, 1.807) is 13.0 Å². The zero-order valence-corrected chi connectivity index (χ0v) is 12.3. The minimum Gasteiger partial charge on any atom is -0.422 e. The third-order valence-electron chi connectivity index (χ3n) is 4.12. The van der Waals surface area contributed by atoms with E-state index >= 15 is 0 Å². The van der Waals surface area contributed by atoms with Crippen LogP contribution in [0.2, 0.25) is 0 Å². The van der Waals surface area contributed by atoms with Crippen molar-refractivity contribution in [2.75, 3.05) is 5.73 Å². The predicted molar refractivity (Wildman–Crippen MR) is 89.2 cm³/mol. The Hall–Kier alpha value is -3.39. The number of nitriles is 1. The third kappa shape index (κ3) is 1.72. The Kier molecular flexibility index (Phi) is 2.63. The molecule has 0 amide bonds. The maximum Gasteiger partial charge on any atom is 0.346 e. The number of hydrogen-bond acceptors (Lipinski definition) is 5. The number of nitrogen functional groups attached to an aromatic ring is 1. The van der Waals surface area contributed by atoms with Crippen LogP contribution in [0.25, 0.3) is 32.6 Å². The largest absolute Gasteiger partial charge is 0.422 e. The number of aromatic nitrogens is 1. The van der Waals surface area contributed by atoms with Gasteiger partial charge in [0.2, 0.25) is 0 Å². The summed E-state index contributed by atoms with van der Waals surface area (Å²) >= 11 is 0. The summed E-state index contributed by atoms with van der Waals surface area (Å²) in [6.45, 7) is 1.69. The van der Waals surface area contributed by atoms with Gasteiger partial charge >= 0.3 is 5.63 Å². The van der Waals surface area contributed by atoms with Crippen molar-refractivity contribution in [2.24, 2.45) is 0 Å². The van der Waals surface area contributed by atoms with Crippen LogP contribution < -0.4 is 11.4 Å². The van der Waals surface area contributed by atoms with E-state index in [4.69, 9.17) is 10.2 Å². The van der Waals surface area contributed by atoms with Gasteiger partial charge in [0.15, 0.2) is 0 Å². The van der Waals surface area contributed by atoms with Crippen LogP contribution in [0, 0.1) is 18.3 Å². The van der Waals surface area contributed by atoms with Crippen LogP contribution in [0.5, 0.6) is 0 Å². The molecule has 0 saturated carbocycles. The van der Waals surface area contributed by atoms with Crippen LogP contribution in [0.15, 0.2) is 45.6 Å². The number of nitrogens with zero attached hydrogens (tertiary/aromatic N) is 2. The van der Waals surface area contributed by atoms with Crippen molar-refractivity contribution < 1.29 is 4.42 Å². The fourth-order valence-corrected chi connectivity index (χ4v) is 3.03. The summed E-state index contributed by atoms with van der Waals surface area (Å²) in [5.74, 6) is 0.123. The first-order valence-electron chi connectivity index (χ1n) is 7.06. The lowest BCUT2D eigenvalue weighted by atomic mass is 10.0. The average molecular weight is 301 g/mol. The van der Waals surface area contributed by atoms with E-state index in [0.29, 0.717) is 22.0 Å². The van der Waals surface area contributed by atoms with Crippen molar-refractivity contribution in [2.45, 2.75) is 6.92 Å². The van der Waals surface area contributed by atoms with Gasteiger partial charge in [-0.15, -0.1) is 0 Å². The summed E-state index contributed by atoms with van der Waals surface area (Å²) in [5.41, 5.74) is 7.05. The molecule has 2 aromatic heterocycles. The van der Waals surface area contributed by atoms with Crippen LogP contribution in [0.4, 0.5) is 5.82 Å². The lowest BCUT2D eigenvalue weighted by Crippen LogP contribution is -2.08. The molecule has 5 nitrogen and oxygen atoms in total. The second kappa shape index (κ2) is 4.55. The number of aryl methyl sites for hydroxylation is 1. The van der Waals surface area contributed by atoms with E-state index in [1.165, 1.54) is 0 Å². The molecule has 0 unspecified atom stereocenters. The third-order valence-corrected chi connectivity index (χ3v) is 4.12. The predicted octanol–water partition coefficient (Wildman–Crippen LogP) is 3.26. The average Bonchev–Trinajstić information content (AvgIpc) is 2.54. The summed E-state index contributed by atoms with van der Waals surface area (Å²) in [7, 11) is 0. The fourth-order valence-electron chi connectivity index (χ4n) is 3.03. The minimum absolute atomic E-state index is 0.123. The molecule has 2 heterocycles. The Morgan fingerprint density at radius 3 is 2.74 bits per heavy atom. The molecule has 0 aliphatic rings. The first-order valence-corrected chi connectivity index (χ1v) is 7.06. The maximum atomic E-state index is 12.4. The van der Waals surface area contributed by atoms with Gasteiger partial charge in [-0.2, -0.15) is 5.26 Å². The van der Waals surface area contributed by atoms with E-state index in [9.17, 15) is 10.1 Å². The highest BCUT2D eigenvalue weighted by molar-refractivity contribution is 6.17. The van der Waals surface area contributed by atoms with Crippen molar-refractivity contribution in [3.63, 3.8) is 0 Å². The number of anilines is 1. The quantitative estimate of drug-likeness (QED) is 0.397. The van der Waals surface area contributed by atoms with Crippen molar-refractivity contribution in [3.05, 3.63) is 57.9 Å². The van der Waals surface area contributed by atoms with Gasteiger partial charge in [0.25, 0.3) is 0 Å². The molecule has 0 atom stereocenters. The van der Waals surface area contributed by atoms with E-state index in [-0.39, 0.29) is 11.4 Å². The van der Waals surface area contributed by atoms with Gasteiger partial charge in [-0.1, -0.05) is 30.3 Å². The first-order chi connectivity index (χ1) is 11.1. The first kappa shape index (κ1) is 13.3. The smallest absolute Gasteiger partial charge is 0.346 e. The van der Waals surface area contributed by atoms with Gasteiger partial charge in [-0.05, 0) is 29.3 Å². The summed E-state index contributed by atoms with van der Waals surface area (Å²) < 4.78 is 5.46. The second-order valence-corrected chi connectivity index (χ2v) is 5.38. The molecule has 110 valence electrons. The van der Waals surface area contributed by atoms with E-state index < -0.39 is 5.63 Å². The van der Waals surface area contributed by atoms with E-state index in [0.717, 1.165) is 16.2 Å². The molecule has 2 aromatic carbocycles. The molecule has 0 bridgehead atoms. The number of rotatable bonds is 0. The van der Waals surface area contributed by atoms with Crippen LogP contribution >= 0.6 is 0 Å². The molecule has 0 spiro atoms. The Bertz CT molecular complexity index is 1220. The van der Waals surface area contributed by atoms with Gasteiger partial charge in [0.1, 0.15) is 17.5 Å². The molecule has 2 N–H and O–H groups in total. The van der Waals surface area contributed by atoms with Crippen molar-refractivity contribution >= 4 is 38.5 Å². The summed E-state index contributed by atoms with van der Waals surface area (Å²) in [6.07, 6.45) is 0. The van der Waals surface area contributed by atoms with Gasteiger partial charge < -0.3 is 10.2 Å². The normalized spacial score (nSPS) is 11.1. The molecule has 0 fully saturated rings. The van der Waals surface area contributed by atoms with Crippen molar-refractivity contribution in [1.82, 2.24) is 4.98 Å². The van der Waals surface area contributed by atoms with E-state index in [2.05, 4.69) is 4.98 Å². The Morgan fingerprint density at radius 2 is 1.96 bits per heavy atom. The summed E-state index contributed by atoms with van der Waals surface area (Å²) in [5, 5.41) is 12.2. The van der Waals surface area contributed by atoms with E-state index in [1.807, 2.05) is 36.4 Å². The van der Waals surface area contributed by atoms with Crippen molar-refractivity contribution in [1.29, 1.82) is 5.26 Å². The zero-order valence-electron chi connectivity index (χ0n) is 12.3. The molecular weight excluding hydrogens is 290 g/mol. The van der Waals surface area contributed by atoms with Gasteiger partial charge in [0.05, 0.1) is 21.9 Å². The summed E-state index contributed by atoms with van der Waals surface area (Å²) in [6, 6.07) is 13.4. The SMILES string of the molecule is Cc1c(C#N)c(N)nc2c1c(=O)oc1ccc3ccccc3c12. The Balaban J connectivity index is 2.40. The lowest BCUT2D eigenvalue weighted by molar-refractivity contribution is 0.569. The highest BCUT2D eigenvalue weighted by Gasteiger charge is 2.18.